The van der Waals surface area contributed by atoms with Gasteiger partial charge in [-0.05, 0) is 67.7 Å². The Balaban J connectivity index is 1.29. The van der Waals surface area contributed by atoms with Crippen LogP contribution in [0.1, 0.15) is 49.1 Å². The number of aromatic nitrogens is 3. The molecule has 2 saturated carbocycles. The van der Waals surface area contributed by atoms with E-state index in [1.165, 1.54) is 31.0 Å². The minimum absolute atomic E-state index is 0.0151. The summed E-state index contributed by atoms with van der Waals surface area (Å²) in [5.41, 5.74) is 2.33. The molecule has 1 aliphatic heterocycles. The highest BCUT2D eigenvalue weighted by atomic mass is 32.2. The van der Waals surface area contributed by atoms with Gasteiger partial charge in [0.1, 0.15) is 33.0 Å². The fourth-order valence-corrected chi connectivity index (χ4v) is 7.56. The van der Waals surface area contributed by atoms with Crippen LogP contribution in [0.4, 0.5) is 0 Å². The van der Waals surface area contributed by atoms with Gasteiger partial charge in [-0.3, -0.25) is 14.4 Å². The summed E-state index contributed by atoms with van der Waals surface area (Å²) in [7, 11) is 3.23. The van der Waals surface area contributed by atoms with Gasteiger partial charge in [0, 0.05) is 30.3 Å². The van der Waals surface area contributed by atoms with Crippen molar-refractivity contribution in [2.75, 3.05) is 14.2 Å². The Labute approximate surface area is 242 Å². The van der Waals surface area contributed by atoms with Crippen molar-refractivity contribution in [3.05, 3.63) is 52.4 Å². The van der Waals surface area contributed by atoms with E-state index in [0.29, 0.717) is 56.8 Å². The first-order chi connectivity index (χ1) is 19.4. The van der Waals surface area contributed by atoms with Gasteiger partial charge in [-0.25, -0.2) is 0 Å². The first-order valence-corrected chi connectivity index (χ1v) is 14.8. The van der Waals surface area contributed by atoms with Gasteiger partial charge in [-0.2, -0.15) is 0 Å². The Morgan fingerprint density at radius 1 is 1.18 bits per heavy atom. The Kier molecular flexibility index (Phi) is 7.69. The second-order valence-electron chi connectivity index (χ2n) is 10.6. The molecule has 2 aliphatic carbocycles. The summed E-state index contributed by atoms with van der Waals surface area (Å²) in [6.45, 7) is 0.492. The van der Waals surface area contributed by atoms with Crippen molar-refractivity contribution < 1.29 is 23.8 Å². The SMILES string of the molecule is COc1cc(OC)cc(-c2cc(CCCn3cc(CO)nn3)c(/C=C3\SC(=S)N(C4CC5CCC4C5)C3=O)o2)c1. The topological polar surface area (TPSA) is 103 Å². The van der Waals surface area contributed by atoms with E-state index in [-0.39, 0.29) is 18.6 Å². The van der Waals surface area contributed by atoms with E-state index in [1.807, 2.05) is 35.2 Å². The Hall–Kier alpha value is -3.15. The number of aryl methyl sites for hydroxylation is 2. The fourth-order valence-electron chi connectivity index (χ4n) is 6.22. The first kappa shape index (κ1) is 27.0. The number of furan rings is 1. The number of hydrogen-bond donors (Lipinski definition) is 1. The lowest BCUT2D eigenvalue weighted by atomic mass is 9.94. The summed E-state index contributed by atoms with van der Waals surface area (Å²) in [6, 6.07) is 7.84. The van der Waals surface area contributed by atoms with E-state index in [9.17, 15) is 9.90 Å². The number of aliphatic hydroxyl groups is 1. The number of amides is 1. The van der Waals surface area contributed by atoms with Gasteiger partial charge in [-0.15, -0.1) is 5.10 Å². The van der Waals surface area contributed by atoms with E-state index in [0.717, 1.165) is 29.9 Å². The number of benzene rings is 1. The number of nitrogens with zero attached hydrogens (tertiary/aromatic N) is 4. The van der Waals surface area contributed by atoms with Crippen molar-refractivity contribution in [2.24, 2.45) is 11.8 Å². The maximum atomic E-state index is 13.6. The zero-order valence-corrected chi connectivity index (χ0v) is 24.2. The van der Waals surface area contributed by atoms with Crippen LogP contribution in [0.3, 0.4) is 0 Å². The molecule has 3 aliphatic rings. The lowest BCUT2D eigenvalue weighted by Crippen LogP contribution is -2.41. The minimum atomic E-state index is -0.139. The highest BCUT2D eigenvalue weighted by Crippen LogP contribution is 2.49. The van der Waals surface area contributed by atoms with Crippen LogP contribution < -0.4 is 9.47 Å². The molecule has 1 N–H and O–H groups in total. The molecule has 0 radical (unpaired) electrons. The van der Waals surface area contributed by atoms with Crippen LogP contribution in [0.5, 0.6) is 11.5 Å². The summed E-state index contributed by atoms with van der Waals surface area (Å²) in [5, 5.41) is 17.3. The van der Waals surface area contributed by atoms with Crippen molar-refractivity contribution in [2.45, 2.75) is 57.7 Å². The van der Waals surface area contributed by atoms with Gasteiger partial charge in [0.05, 0.1) is 31.9 Å². The molecule has 3 heterocycles. The minimum Gasteiger partial charge on any atom is -0.497 e. The van der Waals surface area contributed by atoms with Gasteiger partial charge in [-0.1, -0.05) is 35.6 Å². The third kappa shape index (κ3) is 5.29. The lowest BCUT2D eigenvalue weighted by molar-refractivity contribution is -0.124. The van der Waals surface area contributed by atoms with Crippen molar-refractivity contribution in [3.63, 3.8) is 0 Å². The Bertz CT molecular complexity index is 1440. The summed E-state index contributed by atoms with van der Waals surface area (Å²) < 4.78 is 19.7. The average Bonchev–Trinajstić information content (AvgIpc) is 3.80. The van der Waals surface area contributed by atoms with Crippen LogP contribution in [0.15, 0.2) is 39.8 Å². The predicted molar refractivity (Wildman–Crippen MR) is 156 cm³/mol. The van der Waals surface area contributed by atoms with Crippen molar-refractivity contribution in [1.82, 2.24) is 19.9 Å². The summed E-state index contributed by atoms with van der Waals surface area (Å²) >= 11 is 7.07. The maximum Gasteiger partial charge on any atom is 0.266 e. The van der Waals surface area contributed by atoms with Crippen LogP contribution >= 0.6 is 24.0 Å². The van der Waals surface area contributed by atoms with E-state index >= 15 is 0 Å². The van der Waals surface area contributed by atoms with Crippen LogP contribution in [-0.4, -0.2) is 55.5 Å². The van der Waals surface area contributed by atoms with Crippen molar-refractivity contribution in [1.29, 1.82) is 0 Å². The molecular formula is C29H32N4O5S2. The van der Waals surface area contributed by atoms with Gasteiger partial charge >= 0.3 is 0 Å². The summed E-state index contributed by atoms with van der Waals surface area (Å²) in [6.07, 6.45) is 9.77. The number of carbonyl (C=O) groups excluding carboxylic acids is 1. The largest absolute Gasteiger partial charge is 0.497 e. The molecule has 2 bridgehead atoms. The lowest BCUT2D eigenvalue weighted by Gasteiger charge is -2.30. The fraction of sp³-hybridized carbons (Fsp3) is 0.448. The zero-order valence-electron chi connectivity index (χ0n) is 22.5. The molecule has 1 amide bonds. The molecule has 40 heavy (non-hydrogen) atoms. The maximum absolute atomic E-state index is 13.6. The molecule has 11 heteroatoms. The smallest absolute Gasteiger partial charge is 0.266 e. The molecule has 3 unspecified atom stereocenters. The number of thioether (sulfide) groups is 1. The number of fused-ring (bicyclic) bond motifs is 2. The molecule has 1 aromatic carbocycles. The molecule has 3 atom stereocenters. The third-order valence-electron chi connectivity index (χ3n) is 8.18. The van der Waals surface area contributed by atoms with Crippen LogP contribution in [0.25, 0.3) is 17.4 Å². The van der Waals surface area contributed by atoms with Crippen LogP contribution in [0, 0.1) is 11.8 Å². The summed E-state index contributed by atoms with van der Waals surface area (Å²) in [4.78, 5) is 16.1. The van der Waals surface area contributed by atoms with Gasteiger partial charge in [0.2, 0.25) is 0 Å². The number of ether oxygens (including phenoxy) is 2. The summed E-state index contributed by atoms with van der Waals surface area (Å²) in [5.74, 6) is 3.88. The standard InChI is InChI=1S/C29H32N4O5S2/c1-36-22-10-20(11-23(13-22)37-2)25-12-19(4-3-7-32-15-21(16-34)30-31-32)26(38-25)14-27-28(35)33(29(39)40-27)24-9-17-5-6-18(24)8-17/h10-15,17-18,24,34H,3-9,16H2,1-2H3/b27-14-. The van der Waals surface area contributed by atoms with E-state index in [1.54, 1.807) is 25.1 Å². The van der Waals surface area contributed by atoms with E-state index < -0.39 is 0 Å². The molecular weight excluding hydrogens is 548 g/mol. The molecule has 2 aromatic heterocycles. The molecule has 9 nitrogen and oxygen atoms in total. The quantitative estimate of drug-likeness (QED) is 0.260. The molecule has 1 saturated heterocycles. The van der Waals surface area contributed by atoms with Crippen LogP contribution in [-0.2, 0) is 24.4 Å². The highest BCUT2D eigenvalue weighted by Gasteiger charge is 2.48. The molecule has 3 fully saturated rings. The predicted octanol–water partition coefficient (Wildman–Crippen LogP) is 5.07. The van der Waals surface area contributed by atoms with Crippen LogP contribution in [0.2, 0.25) is 0 Å². The van der Waals surface area contributed by atoms with Gasteiger partial charge in [0.25, 0.3) is 5.91 Å². The van der Waals surface area contributed by atoms with E-state index in [4.69, 9.17) is 26.1 Å². The van der Waals surface area contributed by atoms with E-state index in [2.05, 4.69) is 10.3 Å². The zero-order chi connectivity index (χ0) is 27.8. The third-order valence-corrected chi connectivity index (χ3v) is 9.51. The molecule has 6 rings (SSSR count). The molecule has 210 valence electrons. The second kappa shape index (κ2) is 11.4. The second-order valence-corrected chi connectivity index (χ2v) is 12.3. The number of aliphatic hydroxyl groups excluding tert-OH is 1. The number of thiocarbonyl (C=S) groups is 1. The number of carbonyl (C=O) groups is 1. The normalized spacial score (nSPS) is 23.1. The number of hydrogen-bond acceptors (Lipinski definition) is 9. The van der Waals surface area contributed by atoms with Gasteiger partial charge < -0.3 is 19.0 Å². The van der Waals surface area contributed by atoms with Gasteiger partial charge in [0.15, 0.2) is 0 Å². The van der Waals surface area contributed by atoms with Crippen molar-refractivity contribution >= 4 is 40.3 Å². The van der Waals surface area contributed by atoms with Crippen molar-refractivity contribution in [3.8, 4) is 22.8 Å². The highest BCUT2D eigenvalue weighted by molar-refractivity contribution is 8.26. The average molecular weight is 581 g/mol. The molecule has 3 aromatic rings. The molecule has 0 spiro atoms. The Morgan fingerprint density at radius 3 is 2.62 bits per heavy atom. The number of rotatable bonds is 10. The monoisotopic (exact) mass is 580 g/mol. The Morgan fingerprint density at radius 2 is 1.98 bits per heavy atom. The first-order valence-electron chi connectivity index (χ1n) is 13.6. The number of methoxy groups -OCH3 is 2.